The Morgan fingerprint density at radius 1 is 1.50 bits per heavy atom. The van der Waals surface area contributed by atoms with Crippen LogP contribution in [0.1, 0.15) is 27.2 Å². The molecule has 0 saturated carbocycles. The topological polar surface area (TPSA) is 66.6 Å². The van der Waals surface area contributed by atoms with Crippen molar-refractivity contribution in [2.45, 2.75) is 39.3 Å². The number of likely N-dealkylation sites (N-methyl/N-ethyl adjacent to an activating group) is 1. The van der Waals surface area contributed by atoms with E-state index in [9.17, 15) is 4.79 Å². The zero-order chi connectivity index (χ0) is 11.3. The fourth-order valence-corrected chi connectivity index (χ4v) is 1.07. The van der Waals surface area contributed by atoms with Crippen LogP contribution in [0.5, 0.6) is 0 Å². The van der Waals surface area contributed by atoms with Crippen LogP contribution in [0.3, 0.4) is 0 Å². The lowest BCUT2D eigenvalue weighted by atomic mass is 9.98. The largest absolute Gasteiger partial charge is 0.394 e. The number of aliphatic hydroxyl groups excluding tert-OH is 1. The summed E-state index contributed by atoms with van der Waals surface area (Å²) in [4.78, 5) is 13.2. The molecule has 4 nitrogen and oxygen atoms in total. The van der Waals surface area contributed by atoms with Crippen LogP contribution in [0.15, 0.2) is 0 Å². The molecule has 0 radical (unpaired) electrons. The molecule has 0 aliphatic heterocycles. The van der Waals surface area contributed by atoms with Gasteiger partial charge in [0.25, 0.3) is 0 Å². The number of hydrogen-bond acceptors (Lipinski definition) is 3. The number of carbonyl (C=O) groups is 1. The Hall–Kier alpha value is -0.610. The maximum absolute atomic E-state index is 11.7. The van der Waals surface area contributed by atoms with Crippen molar-refractivity contribution in [2.75, 3.05) is 13.7 Å². The van der Waals surface area contributed by atoms with Crippen molar-refractivity contribution < 1.29 is 9.90 Å². The Labute approximate surface area is 86.1 Å². The minimum atomic E-state index is -0.459. The predicted molar refractivity (Wildman–Crippen MR) is 56.7 cm³/mol. The van der Waals surface area contributed by atoms with Gasteiger partial charge in [0.1, 0.15) is 0 Å². The molecule has 0 aliphatic rings. The van der Waals surface area contributed by atoms with Crippen LogP contribution in [0.25, 0.3) is 0 Å². The molecule has 0 aromatic heterocycles. The monoisotopic (exact) mass is 202 g/mol. The Balaban J connectivity index is 4.31. The Kier molecular flexibility index (Phi) is 5.72. The Morgan fingerprint density at radius 3 is 2.36 bits per heavy atom. The molecule has 0 aromatic rings. The molecule has 0 spiro atoms. The van der Waals surface area contributed by atoms with E-state index in [2.05, 4.69) is 0 Å². The highest BCUT2D eigenvalue weighted by molar-refractivity contribution is 5.81. The number of hydrogen-bond donors (Lipinski definition) is 2. The van der Waals surface area contributed by atoms with Crippen molar-refractivity contribution in [1.29, 1.82) is 0 Å². The number of amides is 1. The molecule has 14 heavy (non-hydrogen) atoms. The van der Waals surface area contributed by atoms with Gasteiger partial charge in [-0.15, -0.1) is 0 Å². The lowest BCUT2D eigenvalue weighted by Crippen LogP contribution is -2.49. The summed E-state index contributed by atoms with van der Waals surface area (Å²) >= 11 is 0. The molecule has 3 N–H and O–H groups in total. The van der Waals surface area contributed by atoms with Gasteiger partial charge in [0.2, 0.25) is 5.91 Å². The SMILES string of the molecule is CCC(C)[C@H](N)C(=O)N(C)C(C)CO. The van der Waals surface area contributed by atoms with Crippen molar-refractivity contribution in [3.8, 4) is 0 Å². The smallest absolute Gasteiger partial charge is 0.239 e. The van der Waals surface area contributed by atoms with Crippen molar-refractivity contribution in [2.24, 2.45) is 11.7 Å². The molecule has 0 heterocycles. The number of carbonyl (C=O) groups excluding carboxylic acids is 1. The second kappa shape index (κ2) is 5.98. The fraction of sp³-hybridized carbons (Fsp3) is 0.900. The maximum Gasteiger partial charge on any atom is 0.239 e. The van der Waals surface area contributed by atoms with Crippen LogP contribution in [-0.2, 0) is 4.79 Å². The van der Waals surface area contributed by atoms with Gasteiger partial charge in [-0.1, -0.05) is 20.3 Å². The van der Waals surface area contributed by atoms with E-state index in [1.54, 1.807) is 14.0 Å². The van der Waals surface area contributed by atoms with E-state index in [0.717, 1.165) is 6.42 Å². The molecule has 3 atom stereocenters. The Morgan fingerprint density at radius 2 is 2.00 bits per heavy atom. The van der Waals surface area contributed by atoms with E-state index < -0.39 is 6.04 Å². The van der Waals surface area contributed by atoms with Crippen LogP contribution < -0.4 is 5.73 Å². The van der Waals surface area contributed by atoms with Crippen LogP contribution in [0.4, 0.5) is 0 Å². The van der Waals surface area contributed by atoms with Crippen LogP contribution in [0, 0.1) is 5.92 Å². The van der Waals surface area contributed by atoms with Crippen LogP contribution in [0.2, 0.25) is 0 Å². The molecule has 0 bridgehead atoms. The average molecular weight is 202 g/mol. The van der Waals surface area contributed by atoms with E-state index in [1.807, 2.05) is 13.8 Å². The third-order valence-corrected chi connectivity index (χ3v) is 2.82. The molecule has 0 saturated heterocycles. The molecular weight excluding hydrogens is 180 g/mol. The molecule has 0 aliphatic carbocycles. The number of nitrogens with zero attached hydrogens (tertiary/aromatic N) is 1. The number of aliphatic hydroxyl groups is 1. The van der Waals surface area contributed by atoms with Crippen LogP contribution >= 0.6 is 0 Å². The summed E-state index contributed by atoms with van der Waals surface area (Å²) in [7, 11) is 1.67. The second-order valence-electron chi connectivity index (χ2n) is 3.89. The summed E-state index contributed by atoms with van der Waals surface area (Å²) < 4.78 is 0. The van der Waals surface area contributed by atoms with Gasteiger partial charge < -0.3 is 15.7 Å². The molecule has 0 aromatic carbocycles. The number of rotatable bonds is 5. The minimum absolute atomic E-state index is 0.0323. The predicted octanol–water partition coefficient (Wildman–Crippen LogP) is 0.199. The third kappa shape index (κ3) is 3.27. The lowest BCUT2D eigenvalue weighted by molar-refractivity contribution is -0.134. The first-order valence-electron chi connectivity index (χ1n) is 5.08. The van der Waals surface area contributed by atoms with Crippen LogP contribution in [-0.4, -0.2) is 41.7 Å². The first kappa shape index (κ1) is 13.4. The molecule has 4 heteroatoms. The zero-order valence-corrected chi connectivity index (χ0v) is 9.53. The minimum Gasteiger partial charge on any atom is -0.394 e. The Bertz CT molecular complexity index is 167. The fourth-order valence-electron chi connectivity index (χ4n) is 1.07. The lowest BCUT2D eigenvalue weighted by Gasteiger charge is -2.28. The summed E-state index contributed by atoms with van der Waals surface area (Å²) in [6, 6.07) is -0.628. The highest BCUT2D eigenvalue weighted by Gasteiger charge is 2.24. The number of nitrogens with two attached hydrogens (primary N) is 1. The summed E-state index contributed by atoms with van der Waals surface area (Å²) in [6.07, 6.45) is 0.883. The standard InChI is InChI=1S/C10H22N2O2/c1-5-7(2)9(11)10(14)12(4)8(3)6-13/h7-9,13H,5-6,11H2,1-4H3/t7?,8?,9-/m0/s1. The first-order valence-corrected chi connectivity index (χ1v) is 5.08. The molecule has 84 valence electrons. The maximum atomic E-state index is 11.7. The van der Waals surface area contributed by atoms with Gasteiger partial charge in [-0.3, -0.25) is 4.79 Å². The van der Waals surface area contributed by atoms with Gasteiger partial charge in [-0.2, -0.15) is 0 Å². The van der Waals surface area contributed by atoms with Gasteiger partial charge in [0.05, 0.1) is 18.7 Å². The van der Waals surface area contributed by atoms with Crippen molar-refractivity contribution in [1.82, 2.24) is 4.90 Å². The second-order valence-corrected chi connectivity index (χ2v) is 3.89. The van der Waals surface area contributed by atoms with Gasteiger partial charge >= 0.3 is 0 Å². The highest BCUT2D eigenvalue weighted by Crippen LogP contribution is 2.09. The van der Waals surface area contributed by atoms with E-state index in [0.29, 0.717) is 0 Å². The molecule has 0 fully saturated rings. The summed E-state index contributed by atoms with van der Waals surface area (Å²) in [5.74, 6) is 0.0803. The third-order valence-electron chi connectivity index (χ3n) is 2.82. The summed E-state index contributed by atoms with van der Waals surface area (Å²) in [5, 5.41) is 8.90. The average Bonchev–Trinajstić information content (AvgIpc) is 2.23. The molecule has 2 unspecified atom stereocenters. The van der Waals surface area contributed by atoms with Crippen molar-refractivity contribution >= 4 is 5.91 Å². The molecule has 0 rings (SSSR count). The van der Waals surface area contributed by atoms with Crippen molar-refractivity contribution in [3.05, 3.63) is 0 Å². The van der Waals surface area contributed by atoms with E-state index in [1.165, 1.54) is 4.90 Å². The van der Waals surface area contributed by atoms with Gasteiger partial charge in [0, 0.05) is 7.05 Å². The van der Waals surface area contributed by atoms with Gasteiger partial charge in [-0.05, 0) is 12.8 Å². The molecule has 1 amide bonds. The van der Waals surface area contributed by atoms with E-state index in [4.69, 9.17) is 10.8 Å². The van der Waals surface area contributed by atoms with Gasteiger partial charge in [0.15, 0.2) is 0 Å². The zero-order valence-electron chi connectivity index (χ0n) is 9.53. The quantitative estimate of drug-likeness (QED) is 0.669. The molecular formula is C10H22N2O2. The normalized spacial score (nSPS) is 17.3. The summed E-state index contributed by atoms with van der Waals surface area (Å²) in [6.45, 7) is 5.73. The summed E-state index contributed by atoms with van der Waals surface area (Å²) in [5.41, 5.74) is 5.79. The van der Waals surface area contributed by atoms with Gasteiger partial charge in [-0.25, -0.2) is 0 Å². The van der Waals surface area contributed by atoms with Crippen molar-refractivity contribution in [3.63, 3.8) is 0 Å². The highest BCUT2D eigenvalue weighted by atomic mass is 16.3. The first-order chi connectivity index (χ1) is 6.45. The van der Waals surface area contributed by atoms with E-state index in [-0.39, 0.29) is 24.5 Å². The van der Waals surface area contributed by atoms with E-state index >= 15 is 0 Å².